The summed E-state index contributed by atoms with van der Waals surface area (Å²) in [7, 11) is 0. The smallest absolute Gasteiger partial charge is 0.0121 e. The molecule has 2 aliphatic rings. The van der Waals surface area contributed by atoms with Crippen molar-refractivity contribution in [3.63, 3.8) is 0 Å². The van der Waals surface area contributed by atoms with E-state index in [2.05, 4.69) is 26.1 Å². The molecule has 1 N–H and O–H groups in total. The van der Waals surface area contributed by atoms with E-state index in [0.717, 1.165) is 18.0 Å². The monoisotopic (exact) mass is 251 g/mol. The molecule has 0 spiro atoms. The minimum absolute atomic E-state index is 0.514. The van der Waals surface area contributed by atoms with E-state index < -0.39 is 0 Å². The molecule has 0 aromatic carbocycles. The summed E-state index contributed by atoms with van der Waals surface area (Å²) < 4.78 is 0. The molecule has 0 aromatic heterocycles. The Balaban J connectivity index is 1.92. The highest BCUT2D eigenvalue weighted by Crippen LogP contribution is 2.37. The van der Waals surface area contributed by atoms with Gasteiger partial charge in [-0.3, -0.25) is 0 Å². The highest BCUT2D eigenvalue weighted by molar-refractivity contribution is 4.91. The van der Waals surface area contributed by atoms with Crippen LogP contribution in [0, 0.1) is 11.3 Å². The summed E-state index contributed by atoms with van der Waals surface area (Å²) in [4.78, 5) is 0. The molecule has 0 heterocycles. The van der Waals surface area contributed by atoms with Gasteiger partial charge < -0.3 is 5.32 Å². The number of hydrogen-bond acceptors (Lipinski definition) is 1. The SMILES string of the molecule is CCC(NC1CCCCC1(C)C)C1CCCCC1. The van der Waals surface area contributed by atoms with Crippen molar-refractivity contribution in [3.8, 4) is 0 Å². The van der Waals surface area contributed by atoms with E-state index in [1.165, 1.54) is 64.2 Å². The molecule has 0 amide bonds. The lowest BCUT2D eigenvalue weighted by Crippen LogP contribution is -2.51. The zero-order valence-electron chi connectivity index (χ0n) is 12.8. The Labute approximate surface area is 114 Å². The summed E-state index contributed by atoms with van der Waals surface area (Å²) >= 11 is 0. The Hall–Kier alpha value is -0.0400. The van der Waals surface area contributed by atoms with Crippen LogP contribution in [0.5, 0.6) is 0 Å². The van der Waals surface area contributed by atoms with Crippen molar-refractivity contribution in [1.82, 2.24) is 5.32 Å². The Morgan fingerprint density at radius 3 is 2.28 bits per heavy atom. The zero-order valence-corrected chi connectivity index (χ0v) is 12.8. The average molecular weight is 251 g/mol. The summed E-state index contributed by atoms with van der Waals surface area (Å²) in [6.07, 6.45) is 14.3. The summed E-state index contributed by atoms with van der Waals surface area (Å²) in [6.45, 7) is 7.32. The molecule has 2 fully saturated rings. The van der Waals surface area contributed by atoms with E-state index >= 15 is 0 Å². The van der Waals surface area contributed by atoms with E-state index in [-0.39, 0.29) is 0 Å². The zero-order chi connectivity index (χ0) is 13.0. The first-order valence-electron chi connectivity index (χ1n) is 8.39. The van der Waals surface area contributed by atoms with E-state index in [1.807, 2.05) is 0 Å². The molecule has 0 saturated heterocycles. The van der Waals surface area contributed by atoms with Gasteiger partial charge in [0.05, 0.1) is 0 Å². The van der Waals surface area contributed by atoms with Crippen LogP contribution in [0.1, 0.15) is 85.0 Å². The van der Waals surface area contributed by atoms with E-state index in [9.17, 15) is 0 Å². The third-order valence-electron chi connectivity index (χ3n) is 5.58. The van der Waals surface area contributed by atoms with Crippen molar-refractivity contribution in [2.75, 3.05) is 0 Å². The summed E-state index contributed by atoms with van der Waals surface area (Å²) in [6, 6.07) is 1.55. The molecule has 1 nitrogen and oxygen atoms in total. The van der Waals surface area contributed by atoms with Crippen molar-refractivity contribution in [1.29, 1.82) is 0 Å². The van der Waals surface area contributed by atoms with Gasteiger partial charge in [0.25, 0.3) is 0 Å². The van der Waals surface area contributed by atoms with Crippen molar-refractivity contribution in [3.05, 3.63) is 0 Å². The standard InChI is InChI=1S/C17H33N/c1-4-15(14-10-6-5-7-11-14)18-16-12-8-9-13-17(16,2)3/h14-16,18H,4-13H2,1-3H3. The van der Waals surface area contributed by atoms with Gasteiger partial charge in [-0.1, -0.05) is 52.9 Å². The molecule has 106 valence electrons. The average Bonchev–Trinajstić information content (AvgIpc) is 2.38. The van der Waals surface area contributed by atoms with Crippen LogP contribution in [-0.2, 0) is 0 Å². The summed E-state index contributed by atoms with van der Waals surface area (Å²) in [5.74, 6) is 0.960. The molecule has 0 aromatic rings. The van der Waals surface area contributed by atoms with Gasteiger partial charge in [0.15, 0.2) is 0 Å². The van der Waals surface area contributed by atoms with Gasteiger partial charge >= 0.3 is 0 Å². The molecule has 0 radical (unpaired) electrons. The maximum Gasteiger partial charge on any atom is 0.0121 e. The first-order chi connectivity index (χ1) is 8.63. The highest BCUT2D eigenvalue weighted by Gasteiger charge is 2.34. The second kappa shape index (κ2) is 6.41. The van der Waals surface area contributed by atoms with Crippen LogP contribution in [0.4, 0.5) is 0 Å². The minimum atomic E-state index is 0.514. The van der Waals surface area contributed by atoms with Gasteiger partial charge in [-0.15, -0.1) is 0 Å². The largest absolute Gasteiger partial charge is 0.310 e. The molecule has 2 rings (SSSR count). The summed E-state index contributed by atoms with van der Waals surface area (Å²) in [5, 5.41) is 4.07. The number of nitrogens with one attached hydrogen (secondary N) is 1. The molecule has 2 atom stereocenters. The van der Waals surface area contributed by atoms with Crippen molar-refractivity contribution >= 4 is 0 Å². The molecule has 2 unspecified atom stereocenters. The molecule has 2 saturated carbocycles. The quantitative estimate of drug-likeness (QED) is 0.749. The Morgan fingerprint density at radius 2 is 1.67 bits per heavy atom. The molecule has 0 bridgehead atoms. The lowest BCUT2D eigenvalue weighted by Gasteiger charge is -2.43. The van der Waals surface area contributed by atoms with Crippen molar-refractivity contribution in [2.45, 2.75) is 97.1 Å². The molecular formula is C17H33N. The van der Waals surface area contributed by atoms with Crippen LogP contribution < -0.4 is 5.32 Å². The predicted molar refractivity (Wildman–Crippen MR) is 79.8 cm³/mol. The fraction of sp³-hybridized carbons (Fsp3) is 1.00. The maximum absolute atomic E-state index is 4.07. The van der Waals surface area contributed by atoms with Crippen LogP contribution in [0.2, 0.25) is 0 Å². The first-order valence-corrected chi connectivity index (χ1v) is 8.39. The van der Waals surface area contributed by atoms with Gasteiger partial charge in [-0.25, -0.2) is 0 Å². The Morgan fingerprint density at radius 1 is 1.00 bits per heavy atom. The Kier molecular flexibility index (Phi) is 5.12. The van der Waals surface area contributed by atoms with Crippen LogP contribution >= 0.6 is 0 Å². The first kappa shape index (κ1) is 14.4. The Bertz CT molecular complexity index is 240. The second-order valence-corrected chi connectivity index (χ2v) is 7.37. The molecule has 1 heteroatoms. The lowest BCUT2D eigenvalue weighted by molar-refractivity contribution is 0.131. The molecule has 18 heavy (non-hydrogen) atoms. The number of hydrogen-bond donors (Lipinski definition) is 1. The van der Waals surface area contributed by atoms with Crippen LogP contribution in [0.25, 0.3) is 0 Å². The third kappa shape index (κ3) is 3.50. The minimum Gasteiger partial charge on any atom is -0.310 e. The second-order valence-electron chi connectivity index (χ2n) is 7.37. The van der Waals surface area contributed by atoms with Crippen molar-refractivity contribution < 1.29 is 0 Å². The van der Waals surface area contributed by atoms with Crippen LogP contribution in [-0.4, -0.2) is 12.1 Å². The van der Waals surface area contributed by atoms with Gasteiger partial charge in [-0.2, -0.15) is 0 Å². The molecule has 0 aliphatic heterocycles. The fourth-order valence-electron chi connectivity index (χ4n) is 4.19. The normalized spacial score (nSPS) is 31.2. The van der Waals surface area contributed by atoms with E-state index in [4.69, 9.17) is 0 Å². The van der Waals surface area contributed by atoms with Gasteiger partial charge in [0, 0.05) is 12.1 Å². The summed E-state index contributed by atoms with van der Waals surface area (Å²) in [5.41, 5.74) is 0.514. The number of rotatable bonds is 4. The van der Waals surface area contributed by atoms with Gasteiger partial charge in [0.1, 0.15) is 0 Å². The van der Waals surface area contributed by atoms with Crippen molar-refractivity contribution in [2.24, 2.45) is 11.3 Å². The fourth-order valence-corrected chi connectivity index (χ4v) is 4.19. The van der Waals surface area contributed by atoms with Crippen LogP contribution in [0.15, 0.2) is 0 Å². The third-order valence-corrected chi connectivity index (χ3v) is 5.58. The highest BCUT2D eigenvalue weighted by atomic mass is 15.0. The lowest BCUT2D eigenvalue weighted by atomic mass is 9.72. The van der Waals surface area contributed by atoms with E-state index in [0.29, 0.717) is 5.41 Å². The molecular weight excluding hydrogens is 218 g/mol. The van der Waals surface area contributed by atoms with Gasteiger partial charge in [0.2, 0.25) is 0 Å². The van der Waals surface area contributed by atoms with E-state index in [1.54, 1.807) is 0 Å². The maximum atomic E-state index is 4.07. The molecule has 2 aliphatic carbocycles. The predicted octanol–water partition coefficient (Wildman–Crippen LogP) is 4.90. The van der Waals surface area contributed by atoms with Crippen LogP contribution in [0.3, 0.4) is 0 Å². The van der Waals surface area contributed by atoms with Gasteiger partial charge in [-0.05, 0) is 43.4 Å². The topological polar surface area (TPSA) is 12.0 Å².